The number of hydrogen-bond acceptors (Lipinski definition) is 4. The first kappa shape index (κ1) is 20.7. The number of likely N-dealkylation sites (tertiary alicyclic amines) is 1. The number of unbranched alkanes of at least 4 members (excludes halogenated alkanes) is 1. The normalized spacial score (nSPS) is 19.6. The van der Waals surface area contributed by atoms with E-state index >= 15 is 0 Å². The van der Waals surface area contributed by atoms with Crippen LogP contribution in [0.4, 0.5) is 0 Å². The number of nitrogens with zero attached hydrogens (tertiary/aromatic N) is 3. The van der Waals surface area contributed by atoms with Crippen molar-refractivity contribution < 1.29 is 4.42 Å². The Labute approximate surface area is 158 Å². The summed E-state index contributed by atoms with van der Waals surface area (Å²) >= 11 is 0. The number of rotatable bonds is 7. The van der Waals surface area contributed by atoms with Crippen molar-refractivity contribution in [2.24, 2.45) is 4.99 Å². The van der Waals surface area contributed by atoms with Crippen molar-refractivity contribution >= 4 is 5.96 Å². The smallest absolute Gasteiger partial charge is 0.213 e. The molecule has 148 valence electrons. The van der Waals surface area contributed by atoms with Gasteiger partial charge in [-0.1, -0.05) is 40.5 Å². The summed E-state index contributed by atoms with van der Waals surface area (Å²) in [4.78, 5) is 11.3. The van der Waals surface area contributed by atoms with Crippen molar-refractivity contribution in [2.75, 3.05) is 26.7 Å². The van der Waals surface area contributed by atoms with Gasteiger partial charge in [-0.3, -0.25) is 9.89 Å². The van der Waals surface area contributed by atoms with Gasteiger partial charge in [0, 0.05) is 25.0 Å². The molecule has 1 aromatic heterocycles. The molecule has 0 saturated carbocycles. The molecule has 2 heterocycles. The van der Waals surface area contributed by atoms with Gasteiger partial charge in [-0.25, -0.2) is 4.98 Å². The summed E-state index contributed by atoms with van der Waals surface area (Å²) in [6.07, 6.45) is 8.28. The van der Waals surface area contributed by atoms with Gasteiger partial charge in [-0.2, -0.15) is 0 Å². The molecule has 1 unspecified atom stereocenters. The van der Waals surface area contributed by atoms with Crippen molar-refractivity contribution in [1.82, 2.24) is 20.5 Å². The van der Waals surface area contributed by atoms with Gasteiger partial charge in [0.25, 0.3) is 0 Å². The first-order valence-electron chi connectivity index (χ1n) is 10.1. The fraction of sp³-hybridized carbons (Fsp3) is 0.800. The van der Waals surface area contributed by atoms with Crippen molar-refractivity contribution in [3.8, 4) is 0 Å². The summed E-state index contributed by atoms with van der Waals surface area (Å²) in [5, 5.41) is 6.79. The minimum atomic E-state index is -0.0197. The maximum atomic E-state index is 5.83. The number of hydrogen-bond donors (Lipinski definition) is 2. The van der Waals surface area contributed by atoms with Crippen LogP contribution < -0.4 is 10.6 Å². The first-order valence-corrected chi connectivity index (χ1v) is 10.1. The standard InChI is InChI=1S/C20H37N5O/c1-6-7-11-25-12-9-8-10-16(25)13-23-19(21-5)24-15-18-22-14-17(26-18)20(2,3)4/h14,16H,6-13,15H2,1-5H3,(H2,21,23,24). The lowest BCUT2D eigenvalue weighted by Crippen LogP contribution is -2.49. The molecule has 0 spiro atoms. The maximum absolute atomic E-state index is 5.83. The van der Waals surface area contributed by atoms with Gasteiger partial charge in [0.15, 0.2) is 5.96 Å². The number of aromatic nitrogens is 1. The van der Waals surface area contributed by atoms with Crippen LogP contribution in [0.5, 0.6) is 0 Å². The second kappa shape index (κ2) is 9.95. The monoisotopic (exact) mass is 363 g/mol. The Balaban J connectivity index is 1.80. The molecular weight excluding hydrogens is 326 g/mol. The zero-order chi connectivity index (χ0) is 19.0. The molecule has 0 aliphatic carbocycles. The topological polar surface area (TPSA) is 65.7 Å². The molecule has 6 nitrogen and oxygen atoms in total. The number of guanidine groups is 1. The predicted molar refractivity (Wildman–Crippen MR) is 108 cm³/mol. The lowest BCUT2D eigenvalue weighted by atomic mass is 9.94. The summed E-state index contributed by atoms with van der Waals surface area (Å²) in [7, 11) is 1.81. The van der Waals surface area contributed by atoms with E-state index in [1.807, 2.05) is 6.20 Å². The van der Waals surface area contributed by atoms with Gasteiger partial charge in [0.1, 0.15) is 5.76 Å². The number of nitrogens with one attached hydrogen (secondary N) is 2. The van der Waals surface area contributed by atoms with E-state index in [0.29, 0.717) is 18.5 Å². The van der Waals surface area contributed by atoms with E-state index in [2.05, 4.69) is 53.2 Å². The molecule has 0 aromatic carbocycles. The van der Waals surface area contributed by atoms with E-state index in [-0.39, 0.29) is 5.41 Å². The SMILES string of the molecule is CCCCN1CCCCC1CNC(=NC)NCc1ncc(C(C)(C)C)o1. The van der Waals surface area contributed by atoms with Gasteiger partial charge in [-0.15, -0.1) is 0 Å². The molecule has 1 aliphatic heterocycles. The van der Waals surface area contributed by atoms with E-state index in [9.17, 15) is 0 Å². The second-order valence-corrected chi connectivity index (χ2v) is 8.21. The highest BCUT2D eigenvalue weighted by molar-refractivity contribution is 5.79. The fourth-order valence-electron chi connectivity index (χ4n) is 3.28. The lowest BCUT2D eigenvalue weighted by Gasteiger charge is -2.36. The highest BCUT2D eigenvalue weighted by Crippen LogP contribution is 2.22. The summed E-state index contributed by atoms with van der Waals surface area (Å²) < 4.78 is 5.83. The summed E-state index contributed by atoms with van der Waals surface area (Å²) in [6.45, 7) is 12.5. The molecule has 0 radical (unpaired) electrons. The molecule has 1 atom stereocenters. The Bertz CT molecular complexity index is 561. The van der Waals surface area contributed by atoms with Crippen molar-refractivity contribution in [3.05, 3.63) is 17.8 Å². The molecule has 0 amide bonds. The first-order chi connectivity index (χ1) is 12.4. The number of oxazole rings is 1. The van der Waals surface area contributed by atoms with Gasteiger partial charge in [0.05, 0.1) is 12.7 Å². The van der Waals surface area contributed by atoms with Crippen LogP contribution in [0.3, 0.4) is 0 Å². The maximum Gasteiger partial charge on any atom is 0.213 e. The van der Waals surface area contributed by atoms with Crippen molar-refractivity contribution in [2.45, 2.75) is 77.8 Å². The number of aliphatic imine (C=N–C) groups is 1. The lowest BCUT2D eigenvalue weighted by molar-refractivity contribution is 0.147. The molecule has 26 heavy (non-hydrogen) atoms. The van der Waals surface area contributed by atoms with Crippen LogP contribution in [0.1, 0.15) is 71.5 Å². The third-order valence-electron chi connectivity index (χ3n) is 4.98. The van der Waals surface area contributed by atoms with E-state index in [0.717, 1.165) is 18.3 Å². The highest BCUT2D eigenvalue weighted by Gasteiger charge is 2.22. The molecule has 1 aliphatic rings. The minimum absolute atomic E-state index is 0.0197. The molecule has 1 fully saturated rings. The third kappa shape index (κ3) is 6.31. The van der Waals surface area contributed by atoms with E-state index in [1.165, 1.54) is 45.2 Å². The summed E-state index contributed by atoms with van der Waals surface area (Å²) in [5.41, 5.74) is -0.0197. The number of piperidine rings is 1. The molecule has 6 heteroatoms. The molecule has 1 saturated heterocycles. The van der Waals surface area contributed by atoms with Crippen LogP contribution in [-0.4, -0.2) is 48.6 Å². The Morgan fingerprint density at radius 3 is 2.81 bits per heavy atom. The minimum Gasteiger partial charge on any atom is -0.443 e. The predicted octanol–water partition coefficient (Wildman–Crippen LogP) is 3.29. The zero-order valence-electron chi connectivity index (χ0n) is 17.3. The average molecular weight is 364 g/mol. The highest BCUT2D eigenvalue weighted by atomic mass is 16.4. The molecule has 2 rings (SSSR count). The van der Waals surface area contributed by atoms with Crippen LogP contribution in [0.15, 0.2) is 15.6 Å². The zero-order valence-corrected chi connectivity index (χ0v) is 17.3. The fourth-order valence-corrected chi connectivity index (χ4v) is 3.28. The third-order valence-corrected chi connectivity index (χ3v) is 4.98. The van der Waals surface area contributed by atoms with Crippen LogP contribution in [0.2, 0.25) is 0 Å². The van der Waals surface area contributed by atoms with Crippen LogP contribution >= 0.6 is 0 Å². The average Bonchev–Trinajstić information content (AvgIpc) is 3.10. The summed E-state index contributed by atoms with van der Waals surface area (Å²) in [6, 6.07) is 0.600. The van der Waals surface area contributed by atoms with E-state index in [4.69, 9.17) is 4.42 Å². The Kier molecular flexibility index (Phi) is 7.94. The van der Waals surface area contributed by atoms with Gasteiger partial charge < -0.3 is 15.1 Å². The van der Waals surface area contributed by atoms with Gasteiger partial charge >= 0.3 is 0 Å². The van der Waals surface area contributed by atoms with Crippen LogP contribution in [0, 0.1) is 0 Å². The molecule has 0 bridgehead atoms. The van der Waals surface area contributed by atoms with Crippen LogP contribution in [0.25, 0.3) is 0 Å². The largest absolute Gasteiger partial charge is 0.443 e. The Hall–Kier alpha value is -1.56. The van der Waals surface area contributed by atoms with E-state index in [1.54, 1.807) is 7.05 Å². The Morgan fingerprint density at radius 1 is 1.35 bits per heavy atom. The van der Waals surface area contributed by atoms with Gasteiger partial charge in [-0.05, 0) is 32.4 Å². The van der Waals surface area contributed by atoms with Gasteiger partial charge in [0.2, 0.25) is 5.89 Å². The quantitative estimate of drug-likeness (QED) is 0.575. The second-order valence-electron chi connectivity index (χ2n) is 8.21. The van der Waals surface area contributed by atoms with E-state index < -0.39 is 0 Å². The van der Waals surface area contributed by atoms with Crippen molar-refractivity contribution in [3.63, 3.8) is 0 Å². The van der Waals surface area contributed by atoms with Crippen molar-refractivity contribution in [1.29, 1.82) is 0 Å². The van der Waals surface area contributed by atoms with Crippen LogP contribution in [-0.2, 0) is 12.0 Å². The summed E-state index contributed by atoms with van der Waals surface area (Å²) in [5.74, 6) is 2.41. The molecule has 1 aromatic rings. The molecule has 2 N–H and O–H groups in total. The Morgan fingerprint density at radius 2 is 2.15 bits per heavy atom. The molecular formula is C20H37N5O.